The van der Waals surface area contributed by atoms with Crippen LogP contribution in [0, 0.1) is 0 Å². The summed E-state index contributed by atoms with van der Waals surface area (Å²) in [4.78, 5) is 2.39. The highest BCUT2D eigenvalue weighted by Crippen LogP contribution is 2.56. The third-order valence-corrected chi connectivity index (χ3v) is 12.1. The molecule has 11 rings (SSSR count). The molecule has 3 heteroatoms. The minimum atomic E-state index is -0.442. The lowest BCUT2D eigenvalue weighted by atomic mass is 9.68. The molecule has 2 heterocycles. The Morgan fingerprint density at radius 3 is 1.73 bits per heavy atom. The Morgan fingerprint density at radius 1 is 0.385 bits per heavy atom. The molecule has 0 radical (unpaired) electrons. The first-order valence-electron chi connectivity index (χ1n) is 17.8. The maximum Gasteiger partial charge on any atom is 0.135 e. The highest BCUT2D eigenvalue weighted by Gasteiger charge is 2.45. The van der Waals surface area contributed by atoms with Gasteiger partial charge >= 0.3 is 0 Å². The van der Waals surface area contributed by atoms with Gasteiger partial charge in [0.1, 0.15) is 11.2 Å². The van der Waals surface area contributed by atoms with Crippen molar-refractivity contribution in [3.8, 4) is 11.1 Å². The minimum Gasteiger partial charge on any atom is -0.456 e. The Labute approximate surface area is 305 Å². The summed E-state index contributed by atoms with van der Waals surface area (Å²) in [5, 5.41) is 4.83. The van der Waals surface area contributed by atoms with Gasteiger partial charge in [0.05, 0.1) is 5.41 Å². The average molecular weight is 682 g/mol. The number of nitrogens with zero attached hydrogens (tertiary/aromatic N) is 1. The normalized spacial score (nSPS) is 13.2. The predicted octanol–water partition coefficient (Wildman–Crippen LogP) is 13.8. The summed E-state index contributed by atoms with van der Waals surface area (Å²) in [5.74, 6) is 0. The van der Waals surface area contributed by atoms with Crippen LogP contribution in [-0.2, 0) is 5.41 Å². The number of hydrogen-bond donors (Lipinski definition) is 0. The van der Waals surface area contributed by atoms with E-state index in [1.54, 1.807) is 0 Å². The summed E-state index contributed by atoms with van der Waals surface area (Å²) in [5.41, 5.74) is 12.4. The lowest BCUT2D eigenvalue weighted by Crippen LogP contribution is -2.28. The van der Waals surface area contributed by atoms with Crippen molar-refractivity contribution in [3.63, 3.8) is 0 Å². The van der Waals surface area contributed by atoms with Gasteiger partial charge in [-0.05, 0) is 88.0 Å². The van der Waals surface area contributed by atoms with Gasteiger partial charge in [-0.2, -0.15) is 0 Å². The fraction of sp³-hybridized carbons (Fsp3) is 0.0204. The van der Waals surface area contributed by atoms with Crippen LogP contribution in [0.2, 0.25) is 0 Å². The van der Waals surface area contributed by atoms with E-state index in [2.05, 4.69) is 181 Å². The molecule has 0 saturated heterocycles. The van der Waals surface area contributed by atoms with Crippen molar-refractivity contribution in [3.05, 3.63) is 210 Å². The standard InChI is InChI=1S/C49H31NOS/c1-2-12-32(13-3-1)49(43-18-8-4-14-37(43)38-15-5-9-19-44(38)49)33-22-24-34(25-23-33)50(35-27-29-46-42(30-35)39-16-6-10-20-45(39)51-46)36-26-28-41-40-17-7-11-21-47(40)52-48(41)31-36/h1-31H. The topological polar surface area (TPSA) is 16.4 Å². The Bertz CT molecular complexity index is 2930. The van der Waals surface area contributed by atoms with Gasteiger partial charge in [0.15, 0.2) is 0 Å². The maximum atomic E-state index is 6.26. The zero-order valence-corrected chi connectivity index (χ0v) is 29.0. The zero-order valence-electron chi connectivity index (χ0n) is 28.2. The molecule has 0 aliphatic heterocycles. The highest BCUT2D eigenvalue weighted by atomic mass is 32.1. The van der Waals surface area contributed by atoms with Gasteiger partial charge in [-0.25, -0.2) is 0 Å². The monoisotopic (exact) mass is 681 g/mol. The smallest absolute Gasteiger partial charge is 0.135 e. The molecule has 0 amide bonds. The first kappa shape index (κ1) is 29.3. The molecule has 0 saturated carbocycles. The molecule has 2 aromatic heterocycles. The number of anilines is 3. The fourth-order valence-electron chi connectivity index (χ4n) is 8.73. The van der Waals surface area contributed by atoms with Crippen LogP contribution in [0.4, 0.5) is 17.1 Å². The molecule has 0 fully saturated rings. The van der Waals surface area contributed by atoms with Crippen LogP contribution in [-0.4, -0.2) is 0 Å². The first-order valence-corrected chi connectivity index (χ1v) is 18.6. The van der Waals surface area contributed by atoms with E-state index in [4.69, 9.17) is 4.42 Å². The largest absolute Gasteiger partial charge is 0.456 e. The molecular formula is C49H31NOS. The Kier molecular flexibility index (Phi) is 6.37. The van der Waals surface area contributed by atoms with Crippen molar-refractivity contribution in [2.24, 2.45) is 0 Å². The molecule has 52 heavy (non-hydrogen) atoms. The summed E-state index contributed by atoms with van der Waals surface area (Å²) in [7, 11) is 0. The van der Waals surface area contributed by atoms with Crippen LogP contribution in [0.5, 0.6) is 0 Å². The second kappa shape index (κ2) is 11.3. The molecule has 8 aromatic carbocycles. The van der Waals surface area contributed by atoms with Crippen LogP contribution < -0.4 is 4.90 Å². The van der Waals surface area contributed by atoms with E-state index in [-0.39, 0.29) is 0 Å². The second-order valence-electron chi connectivity index (χ2n) is 13.6. The van der Waals surface area contributed by atoms with Crippen LogP contribution >= 0.6 is 11.3 Å². The van der Waals surface area contributed by atoms with Gasteiger partial charge in [0, 0.05) is 48.0 Å². The van der Waals surface area contributed by atoms with Gasteiger partial charge < -0.3 is 9.32 Å². The Morgan fingerprint density at radius 2 is 0.942 bits per heavy atom. The van der Waals surface area contributed by atoms with Gasteiger partial charge in [-0.1, -0.05) is 133 Å². The summed E-state index contributed by atoms with van der Waals surface area (Å²) in [6.45, 7) is 0. The zero-order chi connectivity index (χ0) is 34.2. The van der Waals surface area contributed by atoms with Crippen molar-refractivity contribution >= 4 is 70.5 Å². The molecule has 0 unspecified atom stereocenters. The van der Waals surface area contributed by atoms with Gasteiger partial charge in [0.2, 0.25) is 0 Å². The van der Waals surface area contributed by atoms with E-state index < -0.39 is 5.41 Å². The van der Waals surface area contributed by atoms with Crippen LogP contribution in [0.3, 0.4) is 0 Å². The van der Waals surface area contributed by atoms with Crippen LogP contribution in [0.1, 0.15) is 22.3 Å². The van der Waals surface area contributed by atoms with E-state index in [9.17, 15) is 0 Å². The number of rotatable bonds is 5. The maximum absolute atomic E-state index is 6.26. The quantitative estimate of drug-likeness (QED) is 0.180. The summed E-state index contributed by atoms with van der Waals surface area (Å²) in [6.07, 6.45) is 0. The van der Waals surface area contributed by atoms with E-state index in [1.165, 1.54) is 53.6 Å². The number of furan rings is 1. The fourth-order valence-corrected chi connectivity index (χ4v) is 9.87. The first-order chi connectivity index (χ1) is 25.8. The SMILES string of the molecule is c1ccc(C2(c3ccc(N(c4ccc5c(c4)sc4ccccc45)c4ccc5oc6ccccc6c5c4)cc3)c3ccccc3-c3ccccc32)cc1. The number of benzene rings is 8. The molecular weight excluding hydrogens is 651 g/mol. The van der Waals surface area contributed by atoms with Crippen LogP contribution in [0.25, 0.3) is 53.2 Å². The van der Waals surface area contributed by atoms with Crippen LogP contribution in [0.15, 0.2) is 192 Å². The number of fused-ring (bicyclic) bond motifs is 9. The van der Waals surface area contributed by atoms with E-state index in [0.717, 1.165) is 39.0 Å². The van der Waals surface area contributed by atoms with Crippen molar-refractivity contribution in [2.75, 3.05) is 4.90 Å². The number of thiophene rings is 1. The Balaban J connectivity index is 1.13. The predicted molar refractivity (Wildman–Crippen MR) is 219 cm³/mol. The lowest BCUT2D eigenvalue weighted by Gasteiger charge is -2.34. The lowest BCUT2D eigenvalue weighted by molar-refractivity contribution is 0.669. The van der Waals surface area contributed by atoms with E-state index in [1.807, 2.05) is 23.5 Å². The Hall–Kier alpha value is -6.42. The molecule has 0 spiro atoms. The average Bonchev–Trinajstić information content (AvgIpc) is 3.87. The second-order valence-corrected chi connectivity index (χ2v) is 14.7. The van der Waals surface area contributed by atoms with Crippen molar-refractivity contribution < 1.29 is 4.42 Å². The van der Waals surface area contributed by atoms with Crippen molar-refractivity contribution in [1.82, 2.24) is 0 Å². The van der Waals surface area contributed by atoms with Crippen molar-refractivity contribution in [1.29, 1.82) is 0 Å². The van der Waals surface area contributed by atoms with Gasteiger partial charge in [-0.15, -0.1) is 11.3 Å². The number of para-hydroxylation sites is 1. The molecule has 1 aliphatic rings. The molecule has 10 aromatic rings. The van der Waals surface area contributed by atoms with E-state index >= 15 is 0 Å². The van der Waals surface area contributed by atoms with E-state index in [0.29, 0.717) is 0 Å². The van der Waals surface area contributed by atoms with Crippen molar-refractivity contribution in [2.45, 2.75) is 5.41 Å². The number of hydrogen-bond acceptors (Lipinski definition) is 3. The summed E-state index contributed by atoms with van der Waals surface area (Å²) < 4.78 is 8.84. The molecule has 0 N–H and O–H groups in total. The molecule has 1 aliphatic carbocycles. The summed E-state index contributed by atoms with van der Waals surface area (Å²) in [6, 6.07) is 68.6. The van der Waals surface area contributed by atoms with Gasteiger partial charge in [-0.3, -0.25) is 0 Å². The molecule has 0 bridgehead atoms. The van der Waals surface area contributed by atoms with Gasteiger partial charge in [0.25, 0.3) is 0 Å². The highest BCUT2D eigenvalue weighted by molar-refractivity contribution is 7.25. The third-order valence-electron chi connectivity index (χ3n) is 11.0. The molecule has 244 valence electrons. The molecule has 2 nitrogen and oxygen atoms in total. The molecule has 0 atom stereocenters. The third kappa shape index (κ3) is 4.17. The minimum absolute atomic E-state index is 0.442. The summed E-state index contributed by atoms with van der Waals surface area (Å²) >= 11 is 1.85.